The zero-order chi connectivity index (χ0) is 12.4. The minimum Gasteiger partial charge on any atom is -0.306 e. The molecule has 0 atom stereocenters. The molecule has 0 unspecified atom stereocenters. The van der Waals surface area contributed by atoms with Crippen molar-refractivity contribution in [1.82, 2.24) is 10.3 Å². The summed E-state index contributed by atoms with van der Waals surface area (Å²) in [5.74, 6) is 0. The van der Waals surface area contributed by atoms with Gasteiger partial charge in [-0.15, -0.1) is 11.3 Å². The van der Waals surface area contributed by atoms with Crippen LogP contribution in [0.1, 0.15) is 52.2 Å². The first-order chi connectivity index (χ1) is 7.16. The fourth-order valence-electron chi connectivity index (χ4n) is 1.32. The number of hydrogen-bond donors (Lipinski definition) is 1. The Balaban J connectivity index is 2.52. The Morgan fingerprint density at radius 1 is 1.19 bits per heavy atom. The largest absolute Gasteiger partial charge is 0.306 e. The molecule has 0 amide bonds. The van der Waals surface area contributed by atoms with E-state index in [9.17, 15) is 0 Å². The Labute approximate surface area is 103 Å². The highest BCUT2D eigenvalue weighted by Gasteiger charge is 2.15. The highest BCUT2D eigenvalue weighted by atomic mass is 32.1. The van der Waals surface area contributed by atoms with Crippen molar-refractivity contribution in [3.63, 3.8) is 0 Å². The van der Waals surface area contributed by atoms with Gasteiger partial charge < -0.3 is 5.32 Å². The summed E-state index contributed by atoms with van der Waals surface area (Å²) in [6.45, 7) is 14.1. The summed E-state index contributed by atoms with van der Waals surface area (Å²) in [6.07, 6.45) is 1.06. The van der Waals surface area contributed by atoms with Crippen LogP contribution >= 0.6 is 11.3 Å². The van der Waals surface area contributed by atoms with Crippen LogP contribution in [0, 0.1) is 5.41 Å². The van der Waals surface area contributed by atoms with E-state index in [1.54, 1.807) is 11.3 Å². The summed E-state index contributed by atoms with van der Waals surface area (Å²) < 4.78 is 0. The van der Waals surface area contributed by atoms with Gasteiger partial charge in [-0.2, -0.15) is 0 Å². The molecule has 0 bridgehead atoms. The number of thiazole rings is 1. The third-order valence-electron chi connectivity index (χ3n) is 2.08. The molecule has 2 nitrogen and oxygen atoms in total. The average Bonchev–Trinajstić information content (AvgIpc) is 2.44. The molecule has 0 aliphatic heterocycles. The smallest absolute Gasteiger partial charge is 0.0934 e. The third kappa shape index (κ3) is 5.61. The summed E-state index contributed by atoms with van der Waals surface area (Å²) in [4.78, 5) is 4.65. The standard InChI is InChI=1S/C13H24N2S/c1-12(2,3)7-11-15-10(9-16-11)8-14-13(4,5)6/h9,14H,7-8H2,1-6H3. The molecule has 0 saturated carbocycles. The number of nitrogens with one attached hydrogen (secondary N) is 1. The van der Waals surface area contributed by atoms with Crippen molar-refractivity contribution in [3.8, 4) is 0 Å². The van der Waals surface area contributed by atoms with Crippen molar-refractivity contribution in [1.29, 1.82) is 0 Å². The van der Waals surface area contributed by atoms with Crippen molar-refractivity contribution in [3.05, 3.63) is 16.1 Å². The maximum Gasteiger partial charge on any atom is 0.0934 e. The Hall–Kier alpha value is -0.410. The summed E-state index contributed by atoms with van der Waals surface area (Å²) in [5.41, 5.74) is 1.65. The van der Waals surface area contributed by atoms with E-state index in [-0.39, 0.29) is 5.54 Å². The van der Waals surface area contributed by atoms with Gasteiger partial charge in [0.15, 0.2) is 0 Å². The molecule has 0 fully saturated rings. The Bertz CT molecular complexity index is 328. The third-order valence-corrected chi connectivity index (χ3v) is 2.98. The van der Waals surface area contributed by atoms with Crippen LogP contribution in [0.15, 0.2) is 5.38 Å². The molecular weight excluding hydrogens is 216 g/mol. The molecule has 1 rings (SSSR count). The van der Waals surface area contributed by atoms with E-state index in [1.165, 1.54) is 10.7 Å². The van der Waals surface area contributed by atoms with Crippen LogP contribution < -0.4 is 5.32 Å². The minimum absolute atomic E-state index is 0.161. The van der Waals surface area contributed by atoms with Crippen LogP contribution in [-0.2, 0) is 13.0 Å². The maximum absolute atomic E-state index is 4.65. The van der Waals surface area contributed by atoms with Crippen LogP contribution in [0.25, 0.3) is 0 Å². The van der Waals surface area contributed by atoms with Gasteiger partial charge in [-0.05, 0) is 26.2 Å². The zero-order valence-electron chi connectivity index (χ0n) is 11.3. The van der Waals surface area contributed by atoms with Crippen LogP contribution in [0.4, 0.5) is 0 Å². The molecule has 1 heterocycles. The first kappa shape index (κ1) is 13.7. The second kappa shape index (κ2) is 4.84. The van der Waals surface area contributed by atoms with E-state index in [0.717, 1.165) is 13.0 Å². The molecule has 1 aromatic rings. The summed E-state index contributed by atoms with van der Waals surface area (Å²) in [7, 11) is 0. The van der Waals surface area contributed by atoms with Crippen molar-refractivity contribution in [2.24, 2.45) is 5.41 Å². The van der Waals surface area contributed by atoms with Gasteiger partial charge in [-0.3, -0.25) is 0 Å². The average molecular weight is 240 g/mol. The number of rotatable bonds is 3. The number of nitrogens with zero attached hydrogens (tertiary/aromatic N) is 1. The summed E-state index contributed by atoms with van der Waals surface area (Å²) in [5, 5.41) is 6.87. The van der Waals surface area contributed by atoms with Crippen molar-refractivity contribution < 1.29 is 0 Å². The quantitative estimate of drug-likeness (QED) is 0.873. The molecule has 3 heteroatoms. The van der Waals surface area contributed by atoms with Crippen LogP contribution in [0.3, 0.4) is 0 Å². The fourth-order valence-corrected chi connectivity index (χ4v) is 2.42. The van der Waals surface area contributed by atoms with Gasteiger partial charge in [0, 0.05) is 23.9 Å². The molecule has 0 aliphatic rings. The zero-order valence-corrected chi connectivity index (χ0v) is 12.2. The van der Waals surface area contributed by atoms with Gasteiger partial charge in [0.2, 0.25) is 0 Å². The van der Waals surface area contributed by atoms with E-state index >= 15 is 0 Å². The predicted octanol–water partition coefficient (Wildman–Crippen LogP) is 3.62. The van der Waals surface area contributed by atoms with Gasteiger partial charge in [0.1, 0.15) is 0 Å². The molecule has 0 radical (unpaired) electrons. The Morgan fingerprint density at radius 2 is 1.81 bits per heavy atom. The van der Waals surface area contributed by atoms with Crippen LogP contribution in [0.5, 0.6) is 0 Å². The highest BCUT2D eigenvalue weighted by molar-refractivity contribution is 7.09. The Kier molecular flexibility index (Phi) is 4.13. The van der Waals surface area contributed by atoms with Crippen LogP contribution in [0.2, 0.25) is 0 Å². The van der Waals surface area contributed by atoms with Gasteiger partial charge >= 0.3 is 0 Å². The second-order valence-electron chi connectivity index (χ2n) is 6.57. The first-order valence-corrected chi connectivity index (χ1v) is 6.72. The SMILES string of the molecule is CC(C)(C)Cc1nc(CNC(C)(C)C)cs1. The van der Waals surface area contributed by atoms with E-state index in [1.807, 2.05) is 0 Å². The summed E-state index contributed by atoms with van der Waals surface area (Å²) >= 11 is 1.78. The van der Waals surface area contributed by atoms with E-state index in [4.69, 9.17) is 0 Å². The van der Waals surface area contributed by atoms with Gasteiger partial charge in [0.05, 0.1) is 10.7 Å². The molecule has 1 N–H and O–H groups in total. The predicted molar refractivity (Wildman–Crippen MR) is 71.9 cm³/mol. The monoisotopic (exact) mass is 240 g/mol. The van der Waals surface area contributed by atoms with E-state index in [0.29, 0.717) is 5.41 Å². The summed E-state index contributed by atoms with van der Waals surface area (Å²) in [6, 6.07) is 0. The minimum atomic E-state index is 0.161. The first-order valence-electron chi connectivity index (χ1n) is 5.84. The van der Waals surface area contributed by atoms with Crippen molar-refractivity contribution in [2.75, 3.05) is 0 Å². The molecule has 92 valence electrons. The maximum atomic E-state index is 4.65. The fraction of sp³-hybridized carbons (Fsp3) is 0.769. The highest BCUT2D eigenvalue weighted by Crippen LogP contribution is 2.23. The second-order valence-corrected chi connectivity index (χ2v) is 7.52. The Morgan fingerprint density at radius 3 is 2.31 bits per heavy atom. The molecule has 0 saturated heterocycles. The lowest BCUT2D eigenvalue weighted by Crippen LogP contribution is -2.35. The number of hydrogen-bond acceptors (Lipinski definition) is 3. The normalized spacial score (nSPS) is 13.1. The van der Waals surface area contributed by atoms with Gasteiger partial charge in [0.25, 0.3) is 0 Å². The molecular formula is C13H24N2S. The molecule has 1 aromatic heterocycles. The van der Waals surface area contributed by atoms with E-state index < -0.39 is 0 Å². The lowest BCUT2D eigenvalue weighted by atomic mass is 9.93. The molecule has 0 aromatic carbocycles. The van der Waals surface area contributed by atoms with Crippen molar-refractivity contribution >= 4 is 11.3 Å². The van der Waals surface area contributed by atoms with Gasteiger partial charge in [-0.1, -0.05) is 20.8 Å². The topological polar surface area (TPSA) is 24.9 Å². The number of aromatic nitrogens is 1. The van der Waals surface area contributed by atoms with Crippen molar-refractivity contribution in [2.45, 2.75) is 60.0 Å². The van der Waals surface area contributed by atoms with Crippen LogP contribution in [-0.4, -0.2) is 10.5 Å². The molecule has 16 heavy (non-hydrogen) atoms. The lowest BCUT2D eigenvalue weighted by molar-refractivity contribution is 0.407. The molecule has 0 spiro atoms. The van der Waals surface area contributed by atoms with Gasteiger partial charge in [-0.25, -0.2) is 4.98 Å². The molecule has 0 aliphatic carbocycles. The lowest BCUT2D eigenvalue weighted by Gasteiger charge is -2.19. The van der Waals surface area contributed by atoms with E-state index in [2.05, 4.69) is 57.2 Å².